The molecule has 6 heteroatoms. The third-order valence-electron chi connectivity index (χ3n) is 4.49. The van der Waals surface area contributed by atoms with E-state index in [4.69, 9.17) is 0 Å². The fraction of sp³-hybridized carbons (Fsp3) is 0.136. The van der Waals surface area contributed by atoms with Crippen molar-refractivity contribution < 1.29 is 9.18 Å². The molecule has 0 radical (unpaired) electrons. The van der Waals surface area contributed by atoms with Crippen LogP contribution in [0.2, 0.25) is 0 Å². The summed E-state index contributed by atoms with van der Waals surface area (Å²) in [7, 11) is 0. The van der Waals surface area contributed by atoms with Crippen molar-refractivity contribution >= 4 is 32.6 Å². The van der Waals surface area contributed by atoms with Crippen molar-refractivity contribution in [2.24, 2.45) is 0 Å². The first-order valence-corrected chi connectivity index (χ1v) is 9.82. The van der Waals surface area contributed by atoms with E-state index >= 15 is 0 Å². The van der Waals surface area contributed by atoms with Gasteiger partial charge in [-0.15, -0.1) is 0 Å². The summed E-state index contributed by atoms with van der Waals surface area (Å²) in [5, 5.41) is 0.542. The summed E-state index contributed by atoms with van der Waals surface area (Å²) < 4.78 is 15.3. The van der Waals surface area contributed by atoms with Crippen LogP contribution >= 0.6 is 11.3 Å². The molecule has 0 fully saturated rings. The van der Waals surface area contributed by atoms with Crippen molar-refractivity contribution in [2.75, 3.05) is 4.90 Å². The Bertz CT molecular complexity index is 1130. The van der Waals surface area contributed by atoms with Gasteiger partial charge in [0.05, 0.1) is 22.3 Å². The zero-order valence-electron chi connectivity index (χ0n) is 15.3. The molecule has 28 heavy (non-hydrogen) atoms. The van der Waals surface area contributed by atoms with Crippen LogP contribution < -0.4 is 4.90 Å². The Kier molecular flexibility index (Phi) is 5.12. The Morgan fingerprint density at radius 1 is 1.11 bits per heavy atom. The van der Waals surface area contributed by atoms with Crippen molar-refractivity contribution in [1.29, 1.82) is 0 Å². The van der Waals surface area contributed by atoms with Crippen LogP contribution in [-0.4, -0.2) is 15.9 Å². The third-order valence-corrected chi connectivity index (χ3v) is 5.53. The number of fused-ring (bicyclic) bond motifs is 1. The van der Waals surface area contributed by atoms with E-state index < -0.39 is 11.7 Å². The number of benzene rings is 2. The number of hydrogen-bond acceptors (Lipinski definition) is 4. The van der Waals surface area contributed by atoms with Crippen molar-refractivity contribution in [3.8, 4) is 0 Å². The standard InChI is InChI=1S/C22H18FN3OS/c1-2-15-9-10-19-20(12-15)28-22(25-19)26(14-16-6-5-11-24-13-16)21(27)17-7-3-4-8-18(17)23/h3-13H,2,14H2,1H3. The van der Waals surface area contributed by atoms with Gasteiger partial charge in [0.25, 0.3) is 5.91 Å². The highest BCUT2D eigenvalue weighted by Gasteiger charge is 2.24. The molecule has 140 valence electrons. The van der Waals surface area contributed by atoms with E-state index in [2.05, 4.69) is 23.0 Å². The van der Waals surface area contributed by atoms with Gasteiger partial charge in [-0.1, -0.05) is 42.5 Å². The quantitative estimate of drug-likeness (QED) is 0.467. The van der Waals surface area contributed by atoms with Crippen LogP contribution in [0, 0.1) is 5.82 Å². The van der Waals surface area contributed by atoms with Gasteiger partial charge >= 0.3 is 0 Å². The Labute approximate surface area is 166 Å². The highest BCUT2D eigenvalue weighted by molar-refractivity contribution is 7.22. The first-order chi connectivity index (χ1) is 13.7. The molecule has 2 aromatic carbocycles. The highest BCUT2D eigenvalue weighted by Crippen LogP contribution is 2.32. The van der Waals surface area contributed by atoms with Gasteiger partial charge in [0.15, 0.2) is 5.13 Å². The number of halogens is 1. The van der Waals surface area contributed by atoms with E-state index in [1.807, 2.05) is 24.3 Å². The zero-order chi connectivity index (χ0) is 19.5. The van der Waals surface area contributed by atoms with Gasteiger partial charge in [0.2, 0.25) is 0 Å². The number of aromatic nitrogens is 2. The molecule has 0 N–H and O–H groups in total. The SMILES string of the molecule is CCc1ccc2nc(N(Cc3cccnc3)C(=O)c3ccccc3F)sc2c1. The lowest BCUT2D eigenvalue weighted by Gasteiger charge is -2.20. The van der Waals surface area contributed by atoms with Crippen LogP contribution in [0.4, 0.5) is 9.52 Å². The lowest BCUT2D eigenvalue weighted by atomic mass is 10.1. The third kappa shape index (κ3) is 3.64. The van der Waals surface area contributed by atoms with E-state index in [1.165, 1.54) is 33.9 Å². The summed E-state index contributed by atoms with van der Waals surface area (Å²) in [6.45, 7) is 2.36. The molecule has 4 nitrogen and oxygen atoms in total. The molecule has 0 saturated carbocycles. The van der Waals surface area contributed by atoms with Crippen LogP contribution in [0.1, 0.15) is 28.4 Å². The predicted octanol–water partition coefficient (Wildman–Crippen LogP) is 5.24. The van der Waals surface area contributed by atoms with Crippen molar-refractivity contribution in [3.05, 3.63) is 89.5 Å². The molecule has 2 aromatic heterocycles. The monoisotopic (exact) mass is 391 g/mol. The van der Waals surface area contributed by atoms with Gasteiger partial charge in [-0.2, -0.15) is 0 Å². The number of pyridine rings is 1. The number of anilines is 1. The van der Waals surface area contributed by atoms with Crippen LogP contribution in [0.3, 0.4) is 0 Å². The summed E-state index contributed by atoms with van der Waals surface area (Å²) in [6.07, 6.45) is 4.30. The predicted molar refractivity (Wildman–Crippen MR) is 110 cm³/mol. The van der Waals surface area contributed by atoms with Crippen LogP contribution in [0.25, 0.3) is 10.2 Å². The summed E-state index contributed by atoms with van der Waals surface area (Å²) in [6, 6.07) is 15.8. The molecule has 4 aromatic rings. The second-order valence-corrected chi connectivity index (χ2v) is 7.39. The maximum absolute atomic E-state index is 14.3. The smallest absolute Gasteiger partial charge is 0.263 e. The zero-order valence-corrected chi connectivity index (χ0v) is 16.1. The Balaban J connectivity index is 1.78. The van der Waals surface area contributed by atoms with Crippen molar-refractivity contribution in [1.82, 2.24) is 9.97 Å². The van der Waals surface area contributed by atoms with E-state index in [1.54, 1.807) is 24.5 Å². The minimum atomic E-state index is -0.543. The number of hydrogen-bond donors (Lipinski definition) is 0. The normalized spacial score (nSPS) is 10.9. The lowest BCUT2D eigenvalue weighted by Crippen LogP contribution is -2.31. The molecule has 0 bridgehead atoms. The molecule has 0 aliphatic carbocycles. The molecule has 4 rings (SSSR count). The van der Waals surface area contributed by atoms with Crippen LogP contribution in [-0.2, 0) is 13.0 Å². The summed E-state index contributed by atoms with van der Waals surface area (Å²) in [5.41, 5.74) is 2.91. The van der Waals surface area contributed by atoms with Crippen LogP contribution in [0.15, 0.2) is 67.0 Å². The number of rotatable bonds is 5. The summed E-state index contributed by atoms with van der Waals surface area (Å²) in [4.78, 5) is 23.5. The number of thiazole rings is 1. The lowest BCUT2D eigenvalue weighted by molar-refractivity contribution is 0.0981. The maximum atomic E-state index is 14.3. The number of aryl methyl sites for hydroxylation is 1. The van der Waals surface area contributed by atoms with Gasteiger partial charge in [-0.3, -0.25) is 14.7 Å². The molecule has 0 aliphatic rings. The van der Waals surface area contributed by atoms with Crippen LogP contribution in [0.5, 0.6) is 0 Å². The number of carbonyl (C=O) groups excluding carboxylic acids is 1. The van der Waals surface area contributed by atoms with Gasteiger partial charge in [0.1, 0.15) is 5.82 Å². The molecule has 1 amide bonds. The van der Waals surface area contributed by atoms with E-state index in [0.717, 1.165) is 22.2 Å². The molecule has 0 spiro atoms. The van der Waals surface area contributed by atoms with Gasteiger partial charge in [-0.05, 0) is 47.9 Å². The topological polar surface area (TPSA) is 46.1 Å². The largest absolute Gasteiger partial charge is 0.279 e. The van der Waals surface area contributed by atoms with Gasteiger partial charge in [-0.25, -0.2) is 9.37 Å². The van der Waals surface area contributed by atoms with Crippen molar-refractivity contribution in [2.45, 2.75) is 19.9 Å². The second kappa shape index (κ2) is 7.86. The second-order valence-electron chi connectivity index (χ2n) is 6.38. The van der Waals surface area contributed by atoms with E-state index in [9.17, 15) is 9.18 Å². The first-order valence-electron chi connectivity index (χ1n) is 9.00. The number of carbonyl (C=O) groups is 1. The van der Waals surface area contributed by atoms with E-state index in [0.29, 0.717) is 5.13 Å². The highest BCUT2D eigenvalue weighted by atomic mass is 32.1. The van der Waals surface area contributed by atoms with Gasteiger partial charge < -0.3 is 0 Å². The summed E-state index contributed by atoms with van der Waals surface area (Å²) >= 11 is 1.43. The fourth-order valence-corrected chi connectivity index (χ4v) is 4.00. The summed E-state index contributed by atoms with van der Waals surface area (Å²) in [5.74, 6) is -0.963. The van der Waals surface area contributed by atoms with E-state index in [-0.39, 0.29) is 12.1 Å². The average Bonchev–Trinajstić information content (AvgIpc) is 3.15. The first kappa shape index (κ1) is 18.3. The van der Waals surface area contributed by atoms with Crippen molar-refractivity contribution in [3.63, 3.8) is 0 Å². The fourth-order valence-electron chi connectivity index (χ4n) is 2.97. The molecule has 0 saturated heterocycles. The molecule has 0 aliphatic heterocycles. The van der Waals surface area contributed by atoms with Gasteiger partial charge in [0, 0.05) is 12.4 Å². The molecule has 0 atom stereocenters. The Morgan fingerprint density at radius 3 is 2.71 bits per heavy atom. The Hall–Kier alpha value is -3.12. The average molecular weight is 391 g/mol. The maximum Gasteiger partial charge on any atom is 0.263 e. The minimum Gasteiger partial charge on any atom is -0.279 e. The molecular weight excluding hydrogens is 373 g/mol. The molecule has 2 heterocycles. The number of amides is 1. The number of nitrogens with zero attached hydrogens (tertiary/aromatic N) is 3. The molecule has 0 unspecified atom stereocenters. The Morgan fingerprint density at radius 2 is 1.96 bits per heavy atom. The minimum absolute atomic E-state index is 0.0277. The molecular formula is C22H18FN3OS.